The molecule has 0 N–H and O–H groups in total. The molecule has 0 aliphatic rings. The molecule has 0 atom stereocenters. The van der Waals surface area contributed by atoms with Gasteiger partial charge in [-0.05, 0) is 19.4 Å². The standard InChI is InChI=1S/C12H14FNO5/c1-2-18-12(15)4-3-7-19-9-5-6-11(14(16)17)10(13)8-9/h5-6,8H,2-4,7H2,1H3. The average Bonchev–Trinajstić information content (AvgIpc) is 2.34. The summed E-state index contributed by atoms with van der Waals surface area (Å²) in [6.45, 7) is 2.25. The molecule has 0 unspecified atom stereocenters. The van der Waals surface area contributed by atoms with Gasteiger partial charge in [0.2, 0.25) is 5.82 Å². The molecule has 0 aliphatic heterocycles. The van der Waals surface area contributed by atoms with Crippen molar-refractivity contribution < 1.29 is 23.6 Å². The number of hydrogen-bond acceptors (Lipinski definition) is 5. The van der Waals surface area contributed by atoms with Crippen molar-refractivity contribution in [1.29, 1.82) is 0 Å². The fourth-order valence-electron chi connectivity index (χ4n) is 1.37. The molecule has 0 amide bonds. The van der Waals surface area contributed by atoms with E-state index in [0.717, 1.165) is 12.1 Å². The molecule has 1 rings (SSSR count). The van der Waals surface area contributed by atoms with Crippen LogP contribution in [0.3, 0.4) is 0 Å². The van der Waals surface area contributed by atoms with Crippen LogP contribution >= 0.6 is 0 Å². The average molecular weight is 271 g/mol. The van der Waals surface area contributed by atoms with Crippen molar-refractivity contribution in [2.45, 2.75) is 19.8 Å². The number of benzene rings is 1. The van der Waals surface area contributed by atoms with Gasteiger partial charge in [-0.2, -0.15) is 4.39 Å². The molecular weight excluding hydrogens is 257 g/mol. The van der Waals surface area contributed by atoms with E-state index in [1.165, 1.54) is 6.07 Å². The highest BCUT2D eigenvalue weighted by Gasteiger charge is 2.14. The van der Waals surface area contributed by atoms with E-state index < -0.39 is 16.4 Å². The first-order valence-corrected chi connectivity index (χ1v) is 5.77. The lowest BCUT2D eigenvalue weighted by Gasteiger charge is -2.06. The van der Waals surface area contributed by atoms with Gasteiger partial charge in [0.25, 0.3) is 0 Å². The van der Waals surface area contributed by atoms with Crippen LogP contribution in [0.1, 0.15) is 19.8 Å². The Morgan fingerprint density at radius 3 is 2.79 bits per heavy atom. The molecule has 1 aromatic carbocycles. The monoisotopic (exact) mass is 271 g/mol. The minimum absolute atomic E-state index is 0.187. The first kappa shape index (κ1) is 14.9. The summed E-state index contributed by atoms with van der Waals surface area (Å²) < 4.78 is 23.1. The van der Waals surface area contributed by atoms with Crippen LogP contribution in [-0.4, -0.2) is 24.1 Å². The van der Waals surface area contributed by atoms with Gasteiger partial charge >= 0.3 is 11.7 Å². The highest BCUT2D eigenvalue weighted by Crippen LogP contribution is 2.22. The van der Waals surface area contributed by atoms with E-state index in [4.69, 9.17) is 9.47 Å². The molecule has 19 heavy (non-hydrogen) atoms. The number of esters is 1. The lowest BCUT2D eigenvalue weighted by atomic mass is 10.3. The van der Waals surface area contributed by atoms with Crippen molar-refractivity contribution in [3.8, 4) is 5.75 Å². The molecule has 0 spiro atoms. The first-order chi connectivity index (χ1) is 9.04. The number of carbonyl (C=O) groups excluding carboxylic acids is 1. The Balaban J connectivity index is 2.40. The van der Waals surface area contributed by atoms with Crippen LogP contribution in [0.4, 0.5) is 10.1 Å². The fourth-order valence-corrected chi connectivity index (χ4v) is 1.37. The number of nitrogens with zero attached hydrogens (tertiary/aromatic N) is 1. The lowest BCUT2D eigenvalue weighted by Crippen LogP contribution is -2.06. The molecule has 0 bridgehead atoms. The van der Waals surface area contributed by atoms with Crippen LogP contribution in [0.25, 0.3) is 0 Å². The van der Waals surface area contributed by atoms with Crippen molar-refractivity contribution in [3.05, 3.63) is 34.1 Å². The van der Waals surface area contributed by atoms with Crippen molar-refractivity contribution in [2.75, 3.05) is 13.2 Å². The Bertz CT molecular complexity index is 463. The SMILES string of the molecule is CCOC(=O)CCCOc1ccc([N+](=O)[O-])c(F)c1. The summed E-state index contributed by atoms with van der Waals surface area (Å²) in [6.07, 6.45) is 0.640. The Morgan fingerprint density at radius 1 is 1.47 bits per heavy atom. The maximum absolute atomic E-state index is 13.2. The molecule has 0 aliphatic carbocycles. The summed E-state index contributed by atoms with van der Waals surface area (Å²) >= 11 is 0. The van der Waals surface area contributed by atoms with Crippen molar-refractivity contribution in [3.63, 3.8) is 0 Å². The largest absolute Gasteiger partial charge is 0.493 e. The van der Waals surface area contributed by atoms with E-state index in [-0.39, 0.29) is 24.7 Å². The summed E-state index contributed by atoms with van der Waals surface area (Å²) in [5.74, 6) is -1.08. The molecule has 1 aromatic rings. The van der Waals surface area contributed by atoms with E-state index in [2.05, 4.69) is 0 Å². The van der Waals surface area contributed by atoms with Gasteiger partial charge in [0.15, 0.2) is 0 Å². The van der Waals surface area contributed by atoms with Gasteiger partial charge < -0.3 is 9.47 Å². The number of rotatable bonds is 7. The third kappa shape index (κ3) is 4.90. The Kier molecular flexibility index (Phi) is 5.72. The summed E-state index contributed by atoms with van der Waals surface area (Å²) in [5, 5.41) is 10.4. The lowest BCUT2D eigenvalue weighted by molar-refractivity contribution is -0.387. The van der Waals surface area contributed by atoms with Gasteiger partial charge in [-0.15, -0.1) is 0 Å². The summed E-state index contributed by atoms with van der Waals surface area (Å²) in [5.41, 5.74) is -0.598. The van der Waals surface area contributed by atoms with Crippen molar-refractivity contribution >= 4 is 11.7 Å². The maximum Gasteiger partial charge on any atom is 0.305 e. The molecule has 0 fully saturated rings. The van der Waals surface area contributed by atoms with Gasteiger partial charge in [0.05, 0.1) is 18.1 Å². The van der Waals surface area contributed by atoms with Gasteiger partial charge in [-0.1, -0.05) is 0 Å². The smallest absolute Gasteiger partial charge is 0.305 e. The topological polar surface area (TPSA) is 78.7 Å². The van der Waals surface area contributed by atoms with Gasteiger partial charge in [-0.3, -0.25) is 14.9 Å². The van der Waals surface area contributed by atoms with E-state index in [1.807, 2.05) is 0 Å². The van der Waals surface area contributed by atoms with Crippen LogP contribution in [0.2, 0.25) is 0 Å². The number of carbonyl (C=O) groups is 1. The quantitative estimate of drug-likeness (QED) is 0.329. The van der Waals surface area contributed by atoms with Crippen molar-refractivity contribution in [1.82, 2.24) is 0 Å². The molecule has 0 saturated carbocycles. The summed E-state index contributed by atoms with van der Waals surface area (Å²) in [4.78, 5) is 20.6. The molecule has 0 heterocycles. The van der Waals surface area contributed by atoms with Crippen LogP contribution in [0, 0.1) is 15.9 Å². The zero-order valence-corrected chi connectivity index (χ0v) is 10.4. The molecule has 7 heteroatoms. The van der Waals surface area contributed by atoms with Crippen LogP contribution < -0.4 is 4.74 Å². The highest BCUT2D eigenvalue weighted by molar-refractivity contribution is 5.69. The van der Waals surface area contributed by atoms with E-state index >= 15 is 0 Å². The Hall–Kier alpha value is -2.18. The number of halogens is 1. The first-order valence-electron chi connectivity index (χ1n) is 5.77. The Morgan fingerprint density at radius 2 is 2.21 bits per heavy atom. The predicted molar refractivity (Wildman–Crippen MR) is 64.4 cm³/mol. The molecule has 0 aromatic heterocycles. The number of nitro benzene ring substituents is 1. The van der Waals surface area contributed by atoms with E-state index in [1.54, 1.807) is 6.92 Å². The maximum atomic E-state index is 13.2. The van der Waals surface area contributed by atoms with E-state index in [0.29, 0.717) is 13.0 Å². The zero-order chi connectivity index (χ0) is 14.3. The third-order valence-corrected chi connectivity index (χ3v) is 2.22. The van der Waals surface area contributed by atoms with Crippen molar-refractivity contribution in [2.24, 2.45) is 0 Å². The highest BCUT2D eigenvalue weighted by atomic mass is 19.1. The number of hydrogen-bond donors (Lipinski definition) is 0. The van der Waals surface area contributed by atoms with Gasteiger partial charge in [-0.25, -0.2) is 0 Å². The summed E-state index contributed by atoms with van der Waals surface area (Å²) in [6, 6.07) is 3.30. The zero-order valence-electron chi connectivity index (χ0n) is 10.4. The fraction of sp³-hybridized carbons (Fsp3) is 0.417. The molecule has 0 saturated heterocycles. The van der Waals surface area contributed by atoms with Gasteiger partial charge in [0, 0.05) is 18.6 Å². The normalized spacial score (nSPS) is 10.0. The van der Waals surface area contributed by atoms with Crippen LogP contribution in [-0.2, 0) is 9.53 Å². The molecule has 0 radical (unpaired) electrons. The number of nitro groups is 1. The third-order valence-electron chi connectivity index (χ3n) is 2.22. The Labute approximate surface area is 109 Å². The minimum Gasteiger partial charge on any atom is -0.493 e. The molecular formula is C12H14FNO5. The van der Waals surface area contributed by atoms with E-state index in [9.17, 15) is 19.3 Å². The summed E-state index contributed by atoms with van der Waals surface area (Å²) in [7, 11) is 0. The number of ether oxygens (including phenoxy) is 2. The second kappa shape index (κ2) is 7.30. The van der Waals surface area contributed by atoms with Crippen LogP contribution in [0.15, 0.2) is 18.2 Å². The van der Waals surface area contributed by atoms with Crippen LogP contribution in [0.5, 0.6) is 5.75 Å². The predicted octanol–water partition coefficient (Wildman–Crippen LogP) is 2.46. The molecule has 6 nitrogen and oxygen atoms in total. The second-order valence-electron chi connectivity index (χ2n) is 3.63. The van der Waals surface area contributed by atoms with Gasteiger partial charge in [0.1, 0.15) is 5.75 Å². The molecule has 104 valence electrons. The second-order valence-corrected chi connectivity index (χ2v) is 3.63. The minimum atomic E-state index is -0.951.